The molecule has 3 aromatic rings. The second-order valence-corrected chi connectivity index (χ2v) is 8.44. The summed E-state index contributed by atoms with van der Waals surface area (Å²) in [7, 11) is 0. The van der Waals surface area contributed by atoms with Crippen LogP contribution in [0.3, 0.4) is 0 Å². The van der Waals surface area contributed by atoms with Crippen molar-refractivity contribution >= 4 is 17.8 Å². The van der Waals surface area contributed by atoms with Gasteiger partial charge < -0.3 is 10.6 Å². The van der Waals surface area contributed by atoms with Gasteiger partial charge in [-0.15, -0.1) is 0 Å². The van der Waals surface area contributed by atoms with Crippen LogP contribution in [-0.2, 0) is 15.1 Å². The predicted octanol–water partition coefficient (Wildman–Crippen LogP) is 3.98. The van der Waals surface area contributed by atoms with Crippen molar-refractivity contribution in [2.45, 2.75) is 32.4 Å². The molecule has 1 aliphatic heterocycles. The maximum Gasteiger partial charge on any atom is 0.326 e. The molecule has 4 amide bonds. The first-order valence-electron chi connectivity index (χ1n) is 10.9. The standard InChI is InChI=1S/C27H27N3O3/c1-18-14-15-21(16-19(18)2)20(3)28-24(31)17-30-25(32)27(29-26(30)33,22-10-6-4-7-11-22)23-12-8-5-9-13-23/h4-16,20H,17H2,1-3H3,(H,28,31)(H,29,33). The van der Waals surface area contributed by atoms with Gasteiger partial charge in [0.1, 0.15) is 6.54 Å². The number of rotatable bonds is 6. The fraction of sp³-hybridized carbons (Fsp3) is 0.222. The van der Waals surface area contributed by atoms with Crippen LogP contribution in [0.4, 0.5) is 4.79 Å². The van der Waals surface area contributed by atoms with Gasteiger partial charge in [0.2, 0.25) is 5.91 Å². The lowest BCUT2D eigenvalue weighted by atomic mass is 9.82. The summed E-state index contributed by atoms with van der Waals surface area (Å²) < 4.78 is 0. The molecule has 1 atom stereocenters. The number of hydrogen-bond donors (Lipinski definition) is 2. The van der Waals surface area contributed by atoms with Crippen molar-refractivity contribution in [1.82, 2.24) is 15.5 Å². The third-order valence-electron chi connectivity index (χ3n) is 6.23. The van der Waals surface area contributed by atoms with Crippen LogP contribution in [0.5, 0.6) is 0 Å². The normalized spacial score (nSPS) is 15.8. The molecule has 3 aromatic carbocycles. The van der Waals surface area contributed by atoms with Crippen LogP contribution in [-0.4, -0.2) is 29.3 Å². The van der Waals surface area contributed by atoms with Gasteiger partial charge in [-0.1, -0.05) is 78.9 Å². The molecule has 0 aliphatic carbocycles. The van der Waals surface area contributed by atoms with Crippen LogP contribution < -0.4 is 10.6 Å². The molecule has 0 saturated carbocycles. The van der Waals surface area contributed by atoms with Crippen molar-refractivity contribution in [1.29, 1.82) is 0 Å². The summed E-state index contributed by atoms with van der Waals surface area (Å²) in [5.41, 5.74) is 3.18. The highest BCUT2D eigenvalue weighted by Crippen LogP contribution is 2.35. The molecule has 2 N–H and O–H groups in total. The average Bonchev–Trinajstić information content (AvgIpc) is 3.07. The van der Waals surface area contributed by atoms with Crippen molar-refractivity contribution < 1.29 is 14.4 Å². The minimum Gasteiger partial charge on any atom is -0.348 e. The van der Waals surface area contributed by atoms with Gasteiger partial charge in [0.05, 0.1) is 6.04 Å². The van der Waals surface area contributed by atoms with E-state index in [1.165, 1.54) is 5.56 Å². The van der Waals surface area contributed by atoms with E-state index in [1.54, 1.807) is 24.3 Å². The van der Waals surface area contributed by atoms with Crippen LogP contribution in [0.25, 0.3) is 0 Å². The van der Waals surface area contributed by atoms with Crippen molar-refractivity contribution in [3.05, 3.63) is 107 Å². The fourth-order valence-electron chi connectivity index (χ4n) is 4.20. The number of hydrogen-bond acceptors (Lipinski definition) is 3. The topological polar surface area (TPSA) is 78.5 Å². The predicted molar refractivity (Wildman–Crippen MR) is 126 cm³/mol. The number of urea groups is 1. The van der Waals surface area contributed by atoms with E-state index < -0.39 is 23.4 Å². The third kappa shape index (κ3) is 4.12. The second kappa shape index (κ2) is 8.90. The zero-order chi connectivity index (χ0) is 23.6. The second-order valence-electron chi connectivity index (χ2n) is 8.44. The SMILES string of the molecule is Cc1ccc(C(C)NC(=O)CN2C(=O)NC(c3ccccc3)(c3ccccc3)C2=O)cc1C. The first-order valence-corrected chi connectivity index (χ1v) is 10.9. The molecule has 0 radical (unpaired) electrons. The molecular weight excluding hydrogens is 414 g/mol. The molecule has 1 heterocycles. The highest BCUT2D eigenvalue weighted by molar-refractivity contribution is 6.11. The molecule has 6 heteroatoms. The smallest absolute Gasteiger partial charge is 0.326 e. The van der Waals surface area contributed by atoms with Gasteiger partial charge in [0, 0.05) is 0 Å². The Morgan fingerprint density at radius 2 is 1.48 bits per heavy atom. The van der Waals surface area contributed by atoms with Gasteiger partial charge in [0.25, 0.3) is 5.91 Å². The van der Waals surface area contributed by atoms with E-state index in [2.05, 4.69) is 10.6 Å². The van der Waals surface area contributed by atoms with Crippen LogP contribution in [0.15, 0.2) is 78.9 Å². The Labute approximate surface area is 193 Å². The quantitative estimate of drug-likeness (QED) is 0.568. The van der Waals surface area contributed by atoms with E-state index in [-0.39, 0.29) is 12.6 Å². The molecule has 0 spiro atoms. The van der Waals surface area contributed by atoms with Crippen LogP contribution >= 0.6 is 0 Å². The Hall–Kier alpha value is -3.93. The molecule has 0 aromatic heterocycles. The summed E-state index contributed by atoms with van der Waals surface area (Å²) in [6.07, 6.45) is 0. The Balaban J connectivity index is 1.58. The zero-order valence-corrected chi connectivity index (χ0v) is 19.0. The zero-order valence-electron chi connectivity index (χ0n) is 19.0. The summed E-state index contributed by atoms with van der Waals surface area (Å²) in [4.78, 5) is 40.4. The van der Waals surface area contributed by atoms with Crippen molar-refractivity contribution in [3.63, 3.8) is 0 Å². The number of amides is 4. The number of aryl methyl sites for hydroxylation is 2. The lowest BCUT2D eigenvalue weighted by Gasteiger charge is -2.28. The molecule has 1 fully saturated rings. The Morgan fingerprint density at radius 3 is 2.03 bits per heavy atom. The fourth-order valence-corrected chi connectivity index (χ4v) is 4.20. The third-order valence-corrected chi connectivity index (χ3v) is 6.23. The molecule has 1 aliphatic rings. The van der Waals surface area contributed by atoms with Gasteiger partial charge in [0.15, 0.2) is 5.54 Å². The van der Waals surface area contributed by atoms with E-state index in [1.807, 2.05) is 75.4 Å². The van der Waals surface area contributed by atoms with Gasteiger partial charge in [-0.25, -0.2) is 4.79 Å². The minimum atomic E-state index is -1.38. The minimum absolute atomic E-state index is 0.259. The number of benzene rings is 3. The van der Waals surface area contributed by atoms with E-state index in [0.29, 0.717) is 11.1 Å². The Morgan fingerprint density at radius 1 is 0.909 bits per heavy atom. The molecule has 1 unspecified atom stereocenters. The maximum atomic E-state index is 13.7. The average molecular weight is 442 g/mol. The lowest BCUT2D eigenvalue weighted by Crippen LogP contribution is -2.46. The van der Waals surface area contributed by atoms with Crippen LogP contribution in [0.1, 0.15) is 40.8 Å². The first kappa shape index (κ1) is 22.3. The van der Waals surface area contributed by atoms with Crippen molar-refractivity contribution in [2.24, 2.45) is 0 Å². The highest BCUT2D eigenvalue weighted by Gasteiger charge is 2.54. The molecule has 1 saturated heterocycles. The molecule has 4 rings (SSSR count). The molecule has 6 nitrogen and oxygen atoms in total. The molecule has 0 bridgehead atoms. The van der Waals surface area contributed by atoms with E-state index in [4.69, 9.17) is 0 Å². The largest absolute Gasteiger partial charge is 0.348 e. The monoisotopic (exact) mass is 441 g/mol. The summed E-state index contributed by atoms with van der Waals surface area (Å²) in [5, 5.41) is 5.77. The summed E-state index contributed by atoms with van der Waals surface area (Å²) >= 11 is 0. The van der Waals surface area contributed by atoms with Gasteiger partial charge in [-0.3, -0.25) is 14.5 Å². The van der Waals surface area contributed by atoms with Crippen molar-refractivity contribution in [3.8, 4) is 0 Å². The molecule has 33 heavy (non-hydrogen) atoms. The van der Waals surface area contributed by atoms with Gasteiger partial charge in [-0.2, -0.15) is 0 Å². The number of carbonyl (C=O) groups excluding carboxylic acids is 3. The summed E-state index contributed by atoms with van der Waals surface area (Å²) in [5.74, 6) is -0.875. The molecule has 168 valence electrons. The first-order chi connectivity index (χ1) is 15.8. The van der Waals surface area contributed by atoms with E-state index in [9.17, 15) is 14.4 Å². The van der Waals surface area contributed by atoms with Crippen molar-refractivity contribution in [2.75, 3.05) is 6.54 Å². The van der Waals surface area contributed by atoms with Crippen LogP contribution in [0.2, 0.25) is 0 Å². The number of nitrogens with one attached hydrogen (secondary N) is 2. The lowest BCUT2D eigenvalue weighted by molar-refractivity contribution is -0.134. The number of nitrogens with zero attached hydrogens (tertiary/aromatic N) is 1. The van der Waals surface area contributed by atoms with Crippen LogP contribution in [0, 0.1) is 13.8 Å². The molecular formula is C27H27N3O3. The highest BCUT2D eigenvalue weighted by atomic mass is 16.2. The summed E-state index contributed by atoms with van der Waals surface area (Å²) in [6.45, 7) is 5.58. The van der Waals surface area contributed by atoms with E-state index in [0.717, 1.165) is 16.0 Å². The Kier molecular flexibility index (Phi) is 6.01. The summed E-state index contributed by atoms with van der Waals surface area (Å²) in [6, 6.07) is 23.3. The number of carbonyl (C=O) groups is 3. The Bertz CT molecular complexity index is 1150. The maximum absolute atomic E-state index is 13.7. The van der Waals surface area contributed by atoms with Gasteiger partial charge in [-0.05, 0) is 48.6 Å². The van der Waals surface area contributed by atoms with E-state index >= 15 is 0 Å². The van der Waals surface area contributed by atoms with Gasteiger partial charge >= 0.3 is 6.03 Å². The number of imide groups is 1.